The third-order valence-corrected chi connectivity index (χ3v) is 5.03. The van der Waals surface area contributed by atoms with Crippen molar-refractivity contribution < 1.29 is 4.74 Å². The molecule has 0 spiro atoms. The molecule has 25 heavy (non-hydrogen) atoms. The van der Waals surface area contributed by atoms with Gasteiger partial charge in [0, 0.05) is 42.8 Å². The third-order valence-electron chi connectivity index (χ3n) is 4.80. The molecule has 2 aliphatic rings. The van der Waals surface area contributed by atoms with E-state index in [4.69, 9.17) is 16.3 Å². The molecule has 2 aliphatic heterocycles. The highest BCUT2D eigenvalue weighted by atomic mass is 35.5. The molecule has 0 saturated carbocycles. The van der Waals surface area contributed by atoms with E-state index in [1.54, 1.807) is 7.11 Å². The first kappa shape index (κ1) is 16.3. The maximum atomic E-state index is 6.11. The molecule has 4 nitrogen and oxygen atoms in total. The predicted octanol–water partition coefficient (Wildman–Crippen LogP) is 3.83. The predicted molar refractivity (Wildman–Crippen MR) is 102 cm³/mol. The Bertz CT molecular complexity index is 805. The monoisotopic (exact) mass is 355 g/mol. The van der Waals surface area contributed by atoms with Crippen molar-refractivity contribution in [3.63, 3.8) is 0 Å². The maximum Gasteiger partial charge on any atom is 0.120 e. The minimum atomic E-state index is 0.807. The fourth-order valence-electron chi connectivity index (χ4n) is 3.53. The molecule has 1 N–H and O–H groups in total. The summed E-state index contributed by atoms with van der Waals surface area (Å²) in [6, 6.07) is 16.3. The van der Waals surface area contributed by atoms with Gasteiger partial charge in [0.2, 0.25) is 0 Å². The van der Waals surface area contributed by atoms with Crippen molar-refractivity contribution in [3.05, 3.63) is 70.4 Å². The molecule has 5 heteroatoms. The van der Waals surface area contributed by atoms with E-state index in [1.807, 2.05) is 24.3 Å². The number of ether oxygens (including phenoxy) is 1. The number of nitrogens with zero attached hydrogens (tertiary/aromatic N) is 2. The summed E-state index contributed by atoms with van der Waals surface area (Å²) in [5.74, 6) is 0.881. The van der Waals surface area contributed by atoms with Crippen LogP contribution in [0.5, 0.6) is 5.75 Å². The van der Waals surface area contributed by atoms with Crippen molar-refractivity contribution in [2.24, 2.45) is 0 Å². The zero-order chi connectivity index (χ0) is 17.2. The molecular formula is C20H22ClN3O. The molecule has 0 fully saturated rings. The Hall–Kier alpha value is -2.17. The van der Waals surface area contributed by atoms with E-state index >= 15 is 0 Å². The van der Waals surface area contributed by atoms with E-state index in [-0.39, 0.29) is 0 Å². The number of rotatable bonds is 4. The van der Waals surface area contributed by atoms with Crippen molar-refractivity contribution in [2.75, 3.05) is 31.8 Å². The van der Waals surface area contributed by atoms with Crippen LogP contribution < -0.4 is 15.2 Å². The lowest BCUT2D eigenvalue weighted by Gasteiger charge is -2.27. The Morgan fingerprint density at radius 3 is 2.84 bits per heavy atom. The Labute approximate surface area is 153 Å². The van der Waals surface area contributed by atoms with Gasteiger partial charge in [-0.05, 0) is 35.4 Å². The van der Waals surface area contributed by atoms with E-state index in [0.717, 1.165) is 49.1 Å². The summed E-state index contributed by atoms with van der Waals surface area (Å²) >= 11 is 6.11. The van der Waals surface area contributed by atoms with Gasteiger partial charge in [-0.25, -0.2) is 0 Å². The Kier molecular flexibility index (Phi) is 4.55. The smallest absolute Gasteiger partial charge is 0.120 e. The largest absolute Gasteiger partial charge is 0.497 e. The zero-order valence-corrected chi connectivity index (χ0v) is 15.1. The second-order valence-electron chi connectivity index (χ2n) is 6.57. The van der Waals surface area contributed by atoms with Crippen LogP contribution in [-0.4, -0.2) is 31.6 Å². The van der Waals surface area contributed by atoms with Crippen LogP contribution in [0.15, 0.2) is 59.8 Å². The standard InChI is InChI=1S/C20H22ClN3O/c1-25-19-7-3-6-18(11-19)24-14-16-13-23(9-8-20(16)22-24)12-15-4-2-5-17(21)10-15/h2-7,10-11,22H,8-9,12-14H2,1H3. The lowest BCUT2D eigenvalue weighted by atomic mass is 10.1. The number of hydrazine groups is 1. The van der Waals surface area contributed by atoms with E-state index in [0.29, 0.717) is 0 Å². The summed E-state index contributed by atoms with van der Waals surface area (Å²) in [5.41, 5.74) is 8.80. The summed E-state index contributed by atoms with van der Waals surface area (Å²) in [7, 11) is 1.70. The van der Waals surface area contributed by atoms with Crippen molar-refractivity contribution >= 4 is 17.3 Å². The minimum Gasteiger partial charge on any atom is -0.497 e. The van der Waals surface area contributed by atoms with Crippen LogP contribution in [0.25, 0.3) is 0 Å². The molecule has 0 radical (unpaired) electrons. The summed E-state index contributed by atoms with van der Waals surface area (Å²) < 4.78 is 5.34. The number of hydrogen-bond donors (Lipinski definition) is 1. The number of anilines is 1. The van der Waals surface area contributed by atoms with Crippen LogP contribution in [0.3, 0.4) is 0 Å². The molecule has 0 aromatic heterocycles. The molecule has 0 bridgehead atoms. The van der Waals surface area contributed by atoms with Crippen LogP contribution in [0.4, 0.5) is 5.69 Å². The van der Waals surface area contributed by atoms with Crippen LogP contribution >= 0.6 is 11.6 Å². The van der Waals surface area contributed by atoms with Gasteiger partial charge in [-0.15, -0.1) is 0 Å². The molecule has 0 aliphatic carbocycles. The lowest BCUT2D eigenvalue weighted by molar-refractivity contribution is 0.277. The quantitative estimate of drug-likeness (QED) is 0.902. The van der Waals surface area contributed by atoms with Crippen molar-refractivity contribution in [1.29, 1.82) is 0 Å². The average Bonchev–Trinajstić information content (AvgIpc) is 3.05. The van der Waals surface area contributed by atoms with Gasteiger partial charge in [-0.2, -0.15) is 0 Å². The lowest BCUT2D eigenvalue weighted by Crippen LogP contribution is -2.33. The summed E-state index contributed by atoms with van der Waals surface area (Å²) in [6.45, 7) is 3.91. The maximum absolute atomic E-state index is 6.11. The second kappa shape index (κ2) is 6.98. The van der Waals surface area contributed by atoms with Crippen LogP contribution in [-0.2, 0) is 6.54 Å². The van der Waals surface area contributed by atoms with Gasteiger partial charge in [0.25, 0.3) is 0 Å². The van der Waals surface area contributed by atoms with E-state index < -0.39 is 0 Å². The van der Waals surface area contributed by atoms with Crippen molar-refractivity contribution in [2.45, 2.75) is 13.0 Å². The zero-order valence-electron chi connectivity index (χ0n) is 14.3. The molecule has 0 atom stereocenters. The number of hydrogen-bond acceptors (Lipinski definition) is 4. The molecule has 130 valence electrons. The number of nitrogens with one attached hydrogen (secondary N) is 1. The molecule has 2 heterocycles. The molecule has 0 amide bonds. The van der Waals surface area contributed by atoms with Crippen molar-refractivity contribution in [3.8, 4) is 5.75 Å². The highest BCUT2D eigenvalue weighted by molar-refractivity contribution is 6.30. The Balaban J connectivity index is 1.42. The summed E-state index contributed by atoms with van der Waals surface area (Å²) in [5, 5.41) is 3.01. The van der Waals surface area contributed by atoms with Gasteiger partial charge in [-0.3, -0.25) is 9.91 Å². The first-order valence-electron chi connectivity index (χ1n) is 8.57. The van der Waals surface area contributed by atoms with E-state index in [1.165, 1.54) is 16.8 Å². The first-order valence-corrected chi connectivity index (χ1v) is 8.95. The van der Waals surface area contributed by atoms with Gasteiger partial charge < -0.3 is 10.2 Å². The fourth-order valence-corrected chi connectivity index (χ4v) is 3.74. The molecule has 0 saturated heterocycles. The average molecular weight is 356 g/mol. The van der Waals surface area contributed by atoms with Gasteiger partial charge >= 0.3 is 0 Å². The van der Waals surface area contributed by atoms with Crippen molar-refractivity contribution in [1.82, 2.24) is 10.3 Å². The fraction of sp³-hybridized carbons (Fsp3) is 0.300. The van der Waals surface area contributed by atoms with E-state index in [9.17, 15) is 0 Å². The van der Waals surface area contributed by atoms with E-state index in [2.05, 4.69) is 39.6 Å². The van der Waals surface area contributed by atoms with Crippen LogP contribution in [0.2, 0.25) is 5.02 Å². The summed E-state index contributed by atoms with van der Waals surface area (Å²) in [4.78, 5) is 2.49. The van der Waals surface area contributed by atoms with Gasteiger partial charge in [0.15, 0.2) is 0 Å². The molecule has 4 rings (SSSR count). The Morgan fingerprint density at radius 2 is 2.00 bits per heavy atom. The molecular weight excluding hydrogens is 334 g/mol. The topological polar surface area (TPSA) is 27.7 Å². The third kappa shape index (κ3) is 3.60. The molecule has 2 aromatic carbocycles. The van der Waals surface area contributed by atoms with Crippen LogP contribution in [0.1, 0.15) is 12.0 Å². The highest BCUT2D eigenvalue weighted by Crippen LogP contribution is 2.28. The highest BCUT2D eigenvalue weighted by Gasteiger charge is 2.27. The SMILES string of the molecule is COc1cccc(N2CC3=C(CCN(Cc4cccc(Cl)c4)C3)N2)c1. The first-order chi connectivity index (χ1) is 12.2. The van der Waals surface area contributed by atoms with Gasteiger partial charge in [0.1, 0.15) is 5.75 Å². The number of halogens is 1. The second-order valence-corrected chi connectivity index (χ2v) is 7.01. The number of benzene rings is 2. The summed E-state index contributed by atoms with van der Waals surface area (Å²) in [6.07, 6.45) is 1.05. The Morgan fingerprint density at radius 1 is 1.12 bits per heavy atom. The normalized spacial score (nSPS) is 17.4. The molecule has 0 unspecified atom stereocenters. The van der Waals surface area contributed by atoms with Gasteiger partial charge in [-0.1, -0.05) is 29.8 Å². The van der Waals surface area contributed by atoms with Gasteiger partial charge in [0.05, 0.1) is 19.3 Å². The molecule has 2 aromatic rings. The van der Waals surface area contributed by atoms with Crippen LogP contribution in [0, 0.1) is 0 Å². The minimum absolute atomic E-state index is 0.807. The number of methoxy groups -OCH3 is 1.